The van der Waals surface area contributed by atoms with Crippen LogP contribution in [0.1, 0.15) is 40.8 Å². The van der Waals surface area contributed by atoms with Crippen molar-refractivity contribution in [2.45, 2.75) is 37.3 Å². The lowest BCUT2D eigenvalue weighted by Crippen LogP contribution is -2.24. The summed E-state index contributed by atoms with van der Waals surface area (Å²) in [6.07, 6.45) is 2.11. The van der Waals surface area contributed by atoms with Crippen molar-refractivity contribution in [2.75, 3.05) is 6.54 Å². The molecule has 0 aliphatic carbocycles. The van der Waals surface area contributed by atoms with Gasteiger partial charge >= 0.3 is 0 Å². The number of hydrogen-bond donors (Lipinski definition) is 1. The maximum Gasteiger partial charge on any atom is 0.251 e. The number of nitrogens with zero attached hydrogens (tertiary/aromatic N) is 1. The molecular weight excluding hydrogens is 300 g/mol. The first-order chi connectivity index (χ1) is 10.2. The molecule has 2 rings (SSSR count). The van der Waals surface area contributed by atoms with E-state index in [1.807, 2.05) is 31.2 Å². The number of amides is 1. The zero-order valence-corrected chi connectivity index (χ0v) is 14.0. The number of thiazole rings is 1. The normalized spacial score (nSPS) is 10.6. The molecule has 0 saturated carbocycles. The first kappa shape index (κ1) is 16.0. The van der Waals surface area contributed by atoms with Gasteiger partial charge in [-0.05, 0) is 37.6 Å². The van der Waals surface area contributed by atoms with Gasteiger partial charge in [-0.2, -0.15) is 0 Å². The minimum absolute atomic E-state index is 0.00938. The molecule has 1 amide bonds. The lowest BCUT2D eigenvalue weighted by atomic mass is 10.2. The van der Waals surface area contributed by atoms with Gasteiger partial charge in [0.1, 0.15) is 0 Å². The van der Waals surface area contributed by atoms with Crippen molar-refractivity contribution < 1.29 is 4.79 Å². The van der Waals surface area contributed by atoms with Crippen LogP contribution in [0.2, 0.25) is 0 Å². The van der Waals surface area contributed by atoms with Crippen molar-refractivity contribution in [3.8, 4) is 0 Å². The molecule has 0 aliphatic rings. The summed E-state index contributed by atoms with van der Waals surface area (Å²) in [5.41, 5.74) is 1.84. The van der Waals surface area contributed by atoms with Crippen LogP contribution in [0, 0.1) is 6.92 Å². The second-order valence-corrected chi connectivity index (χ2v) is 6.89. The van der Waals surface area contributed by atoms with Crippen LogP contribution in [0.25, 0.3) is 0 Å². The van der Waals surface area contributed by atoms with Crippen LogP contribution < -0.4 is 5.32 Å². The fourth-order valence-corrected chi connectivity index (χ4v) is 3.32. The Kier molecular flexibility index (Phi) is 6.26. The van der Waals surface area contributed by atoms with E-state index in [1.54, 1.807) is 23.1 Å². The predicted octanol–water partition coefficient (Wildman–Crippen LogP) is 4.27. The second-order valence-electron chi connectivity index (χ2n) is 4.78. The number of carbonyl (C=O) groups is 1. The molecule has 0 bridgehead atoms. The summed E-state index contributed by atoms with van der Waals surface area (Å²) in [6.45, 7) is 4.88. The number of unbranched alkanes of at least 4 members (excludes halogenated alkanes) is 1. The standard InChI is InChI=1S/C16H20N2OS2/c1-3-4-9-17-16(19)13-5-7-15(8-6-13)21-11-14-10-20-12(2)18-14/h5-8,10H,3-4,9,11H2,1-2H3,(H,17,19). The van der Waals surface area contributed by atoms with Crippen molar-refractivity contribution in [3.05, 3.63) is 45.9 Å². The number of aryl methyl sites for hydroxylation is 1. The molecule has 0 radical (unpaired) electrons. The highest BCUT2D eigenvalue weighted by molar-refractivity contribution is 7.98. The van der Waals surface area contributed by atoms with Gasteiger partial charge in [0.05, 0.1) is 10.7 Å². The number of carbonyl (C=O) groups excluding carboxylic acids is 1. The molecule has 21 heavy (non-hydrogen) atoms. The van der Waals surface area contributed by atoms with Gasteiger partial charge in [-0.3, -0.25) is 4.79 Å². The molecule has 3 nitrogen and oxygen atoms in total. The highest BCUT2D eigenvalue weighted by atomic mass is 32.2. The Balaban J connectivity index is 1.85. The maximum absolute atomic E-state index is 11.9. The highest BCUT2D eigenvalue weighted by Crippen LogP contribution is 2.23. The molecule has 0 saturated heterocycles. The molecule has 2 aromatic rings. The van der Waals surface area contributed by atoms with E-state index in [0.717, 1.165) is 46.3 Å². The van der Waals surface area contributed by atoms with Gasteiger partial charge < -0.3 is 5.32 Å². The Morgan fingerprint density at radius 2 is 2.10 bits per heavy atom. The van der Waals surface area contributed by atoms with Gasteiger partial charge in [-0.1, -0.05) is 13.3 Å². The molecule has 0 unspecified atom stereocenters. The van der Waals surface area contributed by atoms with Crippen LogP contribution in [0.4, 0.5) is 0 Å². The summed E-state index contributed by atoms with van der Waals surface area (Å²) < 4.78 is 0. The van der Waals surface area contributed by atoms with Crippen LogP contribution in [-0.4, -0.2) is 17.4 Å². The van der Waals surface area contributed by atoms with Crippen LogP contribution in [-0.2, 0) is 5.75 Å². The van der Waals surface area contributed by atoms with Crippen molar-refractivity contribution in [1.29, 1.82) is 0 Å². The van der Waals surface area contributed by atoms with Gasteiger partial charge in [0.15, 0.2) is 0 Å². The van der Waals surface area contributed by atoms with E-state index in [2.05, 4.69) is 22.6 Å². The Labute approximate surface area is 134 Å². The van der Waals surface area contributed by atoms with E-state index in [-0.39, 0.29) is 5.91 Å². The topological polar surface area (TPSA) is 42.0 Å². The Morgan fingerprint density at radius 1 is 1.33 bits per heavy atom. The first-order valence-corrected chi connectivity index (χ1v) is 8.97. The van der Waals surface area contributed by atoms with E-state index in [1.165, 1.54) is 0 Å². The number of rotatable bonds is 7. The lowest BCUT2D eigenvalue weighted by Gasteiger charge is -2.05. The van der Waals surface area contributed by atoms with E-state index < -0.39 is 0 Å². The third-order valence-electron chi connectivity index (χ3n) is 2.99. The Hall–Kier alpha value is -1.33. The Bertz CT molecular complexity index is 578. The van der Waals surface area contributed by atoms with Crippen molar-refractivity contribution in [1.82, 2.24) is 10.3 Å². The molecule has 0 aliphatic heterocycles. The summed E-state index contributed by atoms with van der Waals surface area (Å²) >= 11 is 3.42. The quantitative estimate of drug-likeness (QED) is 0.612. The number of thioether (sulfide) groups is 1. The van der Waals surface area contributed by atoms with Crippen LogP contribution in [0.5, 0.6) is 0 Å². The molecular formula is C16H20N2OS2. The number of hydrogen-bond acceptors (Lipinski definition) is 4. The van der Waals surface area contributed by atoms with E-state index in [9.17, 15) is 4.79 Å². The Morgan fingerprint density at radius 3 is 2.71 bits per heavy atom. The minimum Gasteiger partial charge on any atom is -0.352 e. The fraction of sp³-hybridized carbons (Fsp3) is 0.375. The first-order valence-electron chi connectivity index (χ1n) is 7.11. The average molecular weight is 320 g/mol. The van der Waals surface area contributed by atoms with Crippen LogP contribution in [0.15, 0.2) is 34.5 Å². The third kappa shape index (κ3) is 5.17. The third-order valence-corrected chi connectivity index (χ3v) is 4.85. The van der Waals surface area contributed by atoms with Crippen molar-refractivity contribution in [2.24, 2.45) is 0 Å². The molecule has 112 valence electrons. The van der Waals surface area contributed by atoms with Gasteiger partial charge in [0.25, 0.3) is 5.91 Å². The average Bonchev–Trinajstić information content (AvgIpc) is 2.91. The molecule has 1 heterocycles. The molecule has 1 N–H and O–H groups in total. The molecule has 5 heteroatoms. The summed E-state index contributed by atoms with van der Waals surface area (Å²) in [4.78, 5) is 17.5. The molecule has 0 spiro atoms. The SMILES string of the molecule is CCCCNC(=O)c1ccc(SCc2csc(C)n2)cc1. The van der Waals surface area contributed by atoms with Gasteiger partial charge in [0, 0.05) is 28.1 Å². The van der Waals surface area contributed by atoms with Crippen molar-refractivity contribution >= 4 is 29.0 Å². The van der Waals surface area contributed by atoms with E-state index >= 15 is 0 Å². The number of nitrogens with one attached hydrogen (secondary N) is 1. The summed E-state index contributed by atoms with van der Waals surface area (Å²) in [7, 11) is 0. The molecule has 1 aromatic carbocycles. The maximum atomic E-state index is 11.9. The lowest BCUT2D eigenvalue weighted by molar-refractivity contribution is 0.0953. The van der Waals surface area contributed by atoms with Gasteiger partial charge in [0.2, 0.25) is 0 Å². The van der Waals surface area contributed by atoms with E-state index in [0.29, 0.717) is 0 Å². The summed E-state index contributed by atoms with van der Waals surface area (Å²) in [5.74, 6) is 0.877. The molecule has 0 fully saturated rings. The van der Waals surface area contributed by atoms with Crippen LogP contribution >= 0.6 is 23.1 Å². The highest BCUT2D eigenvalue weighted by Gasteiger charge is 2.05. The zero-order valence-electron chi connectivity index (χ0n) is 12.4. The molecule has 0 atom stereocenters. The second kappa shape index (κ2) is 8.20. The zero-order chi connectivity index (χ0) is 15.1. The van der Waals surface area contributed by atoms with Crippen LogP contribution in [0.3, 0.4) is 0 Å². The minimum atomic E-state index is 0.00938. The van der Waals surface area contributed by atoms with Gasteiger partial charge in [-0.25, -0.2) is 4.98 Å². The number of benzene rings is 1. The summed E-state index contributed by atoms with van der Waals surface area (Å²) in [6, 6.07) is 7.77. The summed E-state index contributed by atoms with van der Waals surface area (Å²) in [5, 5.41) is 6.12. The smallest absolute Gasteiger partial charge is 0.251 e. The van der Waals surface area contributed by atoms with E-state index in [4.69, 9.17) is 0 Å². The monoisotopic (exact) mass is 320 g/mol. The van der Waals surface area contributed by atoms with Crippen molar-refractivity contribution in [3.63, 3.8) is 0 Å². The fourth-order valence-electron chi connectivity index (χ4n) is 1.82. The number of aromatic nitrogens is 1. The largest absolute Gasteiger partial charge is 0.352 e. The predicted molar refractivity (Wildman–Crippen MR) is 90.1 cm³/mol. The van der Waals surface area contributed by atoms with Gasteiger partial charge in [-0.15, -0.1) is 23.1 Å². The molecule has 1 aromatic heterocycles.